The molecule has 2 N–H and O–H groups in total. The number of sulfonamides is 1. The van der Waals surface area contributed by atoms with Gasteiger partial charge in [-0.3, -0.25) is 0 Å². The lowest BCUT2D eigenvalue weighted by atomic mass is 9.94. The summed E-state index contributed by atoms with van der Waals surface area (Å²) < 4.78 is 34.5. The van der Waals surface area contributed by atoms with Crippen LogP contribution in [0.2, 0.25) is 5.02 Å². The summed E-state index contributed by atoms with van der Waals surface area (Å²) in [5, 5.41) is 4.38. The Hall–Kier alpha value is -2.39. The van der Waals surface area contributed by atoms with E-state index in [4.69, 9.17) is 16.3 Å². The van der Waals surface area contributed by atoms with Gasteiger partial charge in [-0.2, -0.15) is 0 Å². The van der Waals surface area contributed by atoms with Crippen molar-refractivity contribution in [3.63, 3.8) is 0 Å². The molecule has 0 aliphatic carbocycles. The molecule has 3 aromatic rings. The smallest absolute Gasteiger partial charge is 0.259 e. The van der Waals surface area contributed by atoms with Gasteiger partial charge in [0.2, 0.25) is 0 Å². The average Bonchev–Trinajstić information content (AvgIpc) is 3.13. The predicted octanol–water partition coefficient (Wildman–Crippen LogP) is 3.25. The van der Waals surface area contributed by atoms with Crippen molar-refractivity contribution in [1.29, 1.82) is 0 Å². The molecule has 9 heteroatoms. The molecule has 0 saturated carbocycles. The van der Waals surface area contributed by atoms with Crippen LogP contribution in [0.25, 0.3) is 0 Å². The monoisotopic (exact) mass is 474 g/mol. The van der Waals surface area contributed by atoms with Gasteiger partial charge in [-0.1, -0.05) is 29.8 Å². The number of nitrogens with zero attached hydrogens (tertiary/aromatic N) is 2. The molecule has 0 amide bonds. The van der Waals surface area contributed by atoms with E-state index in [-0.39, 0.29) is 24.2 Å². The molecule has 1 unspecified atom stereocenters. The van der Waals surface area contributed by atoms with E-state index in [1.807, 2.05) is 18.2 Å². The molecule has 7 nitrogen and oxygen atoms in total. The Morgan fingerprint density at radius 3 is 2.81 bits per heavy atom. The molecule has 4 rings (SSSR count). The highest BCUT2D eigenvalue weighted by atomic mass is 35.5. The van der Waals surface area contributed by atoms with E-state index >= 15 is 0 Å². The van der Waals surface area contributed by atoms with Crippen LogP contribution in [-0.4, -0.2) is 37.7 Å². The molecule has 0 saturated heterocycles. The first-order valence-electron chi connectivity index (χ1n) is 10.6. The van der Waals surface area contributed by atoms with Crippen LogP contribution in [0.1, 0.15) is 29.2 Å². The fraction of sp³-hybridized carbons (Fsp3) is 0.348. The SMILES string of the molecule is Cn1cnc(S(=O)(=O)NCCOc2ccc3c(c2)C(Cc2ccc(Cl)cc2)NCCC3)c1. The molecule has 0 spiro atoms. The number of fused-ring (bicyclic) bond motifs is 1. The number of halogens is 1. The molecule has 1 atom stereocenters. The largest absolute Gasteiger partial charge is 0.492 e. The number of hydrogen-bond acceptors (Lipinski definition) is 5. The molecule has 1 aromatic heterocycles. The highest BCUT2D eigenvalue weighted by molar-refractivity contribution is 7.89. The van der Waals surface area contributed by atoms with E-state index in [1.54, 1.807) is 11.6 Å². The third-order valence-electron chi connectivity index (χ3n) is 5.48. The van der Waals surface area contributed by atoms with E-state index in [2.05, 4.69) is 39.3 Å². The molecule has 1 aliphatic heterocycles. The summed E-state index contributed by atoms with van der Waals surface area (Å²) in [4.78, 5) is 3.89. The lowest BCUT2D eigenvalue weighted by Gasteiger charge is -2.20. The fourth-order valence-electron chi connectivity index (χ4n) is 3.86. The van der Waals surface area contributed by atoms with Crippen molar-refractivity contribution in [3.05, 3.63) is 76.7 Å². The minimum atomic E-state index is -3.64. The third-order valence-corrected chi connectivity index (χ3v) is 7.08. The summed E-state index contributed by atoms with van der Waals surface area (Å²) in [6, 6.07) is 14.3. The van der Waals surface area contributed by atoms with Gasteiger partial charge >= 0.3 is 0 Å². The quantitative estimate of drug-likeness (QED) is 0.489. The molecule has 32 heavy (non-hydrogen) atoms. The summed E-state index contributed by atoms with van der Waals surface area (Å²) in [6.45, 7) is 1.33. The zero-order valence-corrected chi connectivity index (χ0v) is 19.5. The Labute approximate surface area is 193 Å². The molecule has 2 aromatic carbocycles. The first-order valence-corrected chi connectivity index (χ1v) is 12.5. The second-order valence-corrected chi connectivity index (χ2v) is 10.1. The maximum Gasteiger partial charge on any atom is 0.259 e. The van der Waals surface area contributed by atoms with Crippen molar-refractivity contribution in [1.82, 2.24) is 19.6 Å². The van der Waals surface area contributed by atoms with Gasteiger partial charge in [0.05, 0.1) is 6.33 Å². The highest BCUT2D eigenvalue weighted by Gasteiger charge is 2.20. The zero-order valence-electron chi connectivity index (χ0n) is 17.9. The van der Waals surface area contributed by atoms with Crippen LogP contribution >= 0.6 is 11.6 Å². The first-order chi connectivity index (χ1) is 15.4. The van der Waals surface area contributed by atoms with Gasteiger partial charge in [-0.25, -0.2) is 18.1 Å². The summed E-state index contributed by atoms with van der Waals surface area (Å²) in [5.74, 6) is 0.727. The minimum Gasteiger partial charge on any atom is -0.492 e. The van der Waals surface area contributed by atoms with Crippen LogP contribution in [0, 0.1) is 0 Å². The van der Waals surface area contributed by atoms with Crippen LogP contribution in [0.15, 0.2) is 60.0 Å². The van der Waals surface area contributed by atoms with Crippen molar-refractivity contribution in [2.24, 2.45) is 7.05 Å². The van der Waals surface area contributed by atoms with Crippen LogP contribution in [0.4, 0.5) is 0 Å². The van der Waals surface area contributed by atoms with Crippen molar-refractivity contribution in [2.75, 3.05) is 19.7 Å². The average molecular weight is 475 g/mol. The molecule has 0 bridgehead atoms. The molecule has 0 radical (unpaired) electrons. The van der Waals surface area contributed by atoms with Gasteiger partial charge in [0.15, 0.2) is 5.03 Å². The molecular weight excluding hydrogens is 448 g/mol. The standard InChI is InChI=1S/C23H27ClN4O3S/c1-28-15-23(26-16-28)32(29,30)27-11-12-31-20-9-6-18-3-2-10-25-22(21(18)14-20)13-17-4-7-19(24)8-5-17/h4-9,14-16,22,25,27H,2-3,10-13H2,1H3. The van der Waals surface area contributed by atoms with E-state index in [9.17, 15) is 8.42 Å². The maximum absolute atomic E-state index is 12.3. The Kier molecular flexibility index (Phi) is 7.15. The van der Waals surface area contributed by atoms with Crippen LogP contribution in [-0.2, 0) is 29.9 Å². The molecule has 0 fully saturated rings. The van der Waals surface area contributed by atoms with Crippen molar-refractivity contribution < 1.29 is 13.2 Å². The molecule has 1 aliphatic rings. The Balaban J connectivity index is 1.40. The third kappa shape index (κ3) is 5.69. The lowest BCUT2D eigenvalue weighted by molar-refractivity contribution is 0.322. The predicted molar refractivity (Wildman–Crippen MR) is 125 cm³/mol. The summed E-state index contributed by atoms with van der Waals surface area (Å²) in [6.07, 6.45) is 5.87. The maximum atomic E-state index is 12.3. The highest BCUT2D eigenvalue weighted by Crippen LogP contribution is 2.29. The second-order valence-electron chi connectivity index (χ2n) is 7.93. The summed E-state index contributed by atoms with van der Waals surface area (Å²) in [7, 11) is -1.92. The summed E-state index contributed by atoms with van der Waals surface area (Å²) in [5.41, 5.74) is 3.76. The molecule has 2 heterocycles. The zero-order chi connectivity index (χ0) is 22.6. The van der Waals surface area contributed by atoms with E-state index in [1.165, 1.54) is 29.2 Å². The topological polar surface area (TPSA) is 85.2 Å². The molecule has 170 valence electrons. The van der Waals surface area contributed by atoms with Gasteiger partial charge in [-0.05, 0) is 66.8 Å². The fourth-order valence-corrected chi connectivity index (χ4v) is 4.98. The van der Waals surface area contributed by atoms with Crippen molar-refractivity contribution in [2.45, 2.75) is 30.3 Å². The normalized spacial score (nSPS) is 16.4. The van der Waals surface area contributed by atoms with Crippen LogP contribution < -0.4 is 14.8 Å². The number of nitrogens with one attached hydrogen (secondary N) is 2. The van der Waals surface area contributed by atoms with Gasteiger partial charge in [-0.15, -0.1) is 0 Å². The van der Waals surface area contributed by atoms with E-state index in [0.717, 1.165) is 36.6 Å². The van der Waals surface area contributed by atoms with Crippen LogP contribution in [0.3, 0.4) is 0 Å². The number of hydrogen-bond donors (Lipinski definition) is 2. The van der Waals surface area contributed by atoms with E-state index in [0.29, 0.717) is 0 Å². The Morgan fingerprint density at radius 2 is 2.06 bits per heavy atom. The van der Waals surface area contributed by atoms with Crippen molar-refractivity contribution >= 4 is 21.6 Å². The summed E-state index contributed by atoms with van der Waals surface area (Å²) >= 11 is 6.03. The first kappa shape index (κ1) is 22.8. The van der Waals surface area contributed by atoms with Gasteiger partial charge < -0.3 is 14.6 Å². The number of rotatable bonds is 8. The Morgan fingerprint density at radius 1 is 1.25 bits per heavy atom. The number of imidazole rings is 1. The van der Waals surface area contributed by atoms with E-state index < -0.39 is 10.0 Å². The van der Waals surface area contributed by atoms with Gasteiger partial charge in [0.25, 0.3) is 10.0 Å². The number of aryl methyl sites for hydroxylation is 2. The number of ether oxygens (including phenoxy) is 1. The molecular formula is C23H27ClN4O3S. The van der Waals surface area contributed by atoms with Gasteiger partial charge in [0.1, 0.15) is 12.4 Å². The lowest BCUT2D eigenvalue weighted by Crippen LogP contribution is -2.28. The number of aromatic nitrogens is 2. The Bertz CT molecular complexity index is 1160. The van der Waals surface area contributed by atoms with Crippen LogP contribution in [0.5, 0.6) is 5.75 Å². The van der Waals surface area contributed by atoms with Gasteiger partial charge in [0, 0.05) is 30.9 Å². The van der Waals surface area contributed by atoms with Crippen molar-refractivity contribution in [3.8, 4) is 5.75 Å². The second kappa shape index (κ2) is 10.0. The minimum absolute atomic E-state index is 0.00106. The number of benzene rings is 2.